The van der Waals surface area contributed by atoms with Gasteiger partial charge in [0, 0.05) is 39.0 Å². The van der Waals surface area contributed by atoms with Gasteiger partial charge in [-0.25, -0.2) is 0 Å². The van der Waals surface area contributed by atoms with Crippen molar-refractivity contribution in [2.75, 3.05) is 26.7 Å². The summed E-state index contributed by atoms with van der Waals surface area (Å²) in [7, 11) is 1.66. The first kappa shape index (κ1) is 17.8. The maximum absolute atomic E-state index is 12.7. The second kappa shape index (κ2) is 7.89. The lowest BCUT2D eigenvalue weighted by atomic mass is 9.94. The van der Waals surface area contributed by atoms with Crippen LogP contribution in [0.3, 0.4) is 0 Å². The predicted octanol–water partition coefficient (Wildman–Crippen LogP) is 2.49. The summed E-state index contributed by atoms with van der Waals surface area (Å²) in [6, 6.07) is 8.24. The van der Waals surface area contributed by atoms with Crippen molar-refractivity contribution in [3.05, 3.63) is 29.8 Å². The molecule has 0 spiro atoms. The number of benzene rings is 1. The minimum Gasteiger partial charge on any atom is -0.497 e. The Hall–Kier alpha value is -2.04. The van der Waals surface area contributed by atoms with E-state index in [0.717, 1.165) is 44.5 Å². The minimum atomic E-state index is 0.130. The molecule has 5 heteroatoms. The first-order valence-corrected chi connectivity index (χ1v) is 9.24. The van der Waals surface area contributed by atoms with Crippen molar-refractivity contribution < 1.29 is 14.3 Å². The van der Waals surface area contributed by atoms with Crippen LogP contribution in [0.15, 0.2) is 24.3 Å². The van der Waals surface area contributed by atoms with E-state index >= 15 is 0 Å². The highest BCUT2D eigenvalue weighted by Crippen LogP contribution is 2.28. The van der Waals surface area contributed by atoms with Crippen LogP contribution in [0.4, 0.5) is 0 Å². The average molecular weight is 344 g/mol. The highest BCUT2D eigenvalue weighted by molar-refractivity contribution is 5.77. The van der Waals surface area contributed by atoms with Crippen LogP contribution < -0.4 is 4.74 Å². The lowest BCUT2D eigenvalue weighted by Gasteiger charge is -2.36. The van der Waals surface area contributed by atoms with Gasteiger partial charge in [-0.05, 0) is 49.3 Å². The molecule has 1 aromatic rings. The van der Waals surface area contributed by atoms with E-state index in [2.05, 4.69) is 12.1 Å². The molecule has 25 heavy (non-hydrogen) atoms. The number of carbonyl (C=O) groups excluding carboxylic acids is 2. The fourth-order valence-corrected chi connectivity index (χ4v) is 4.02. The Kier molecular flexibility index (Phi) is 5.61. The third-order valence-electron chi connectivity index (χ3n) is 5.49. The normalized spacial score (nSPS) is 22.6. The van der Waals surface area contributed by atoms with Crippen LogP contribution in [0.2, 0.25) is 0 Å². The molecule has 1 aromatic carbocycles. The summed E-state index contributed by atoms with van der Waals surface area (Å²) < 4.78 is 5.17. The fraction of sp³-hybridized carbons (Fsp3) is 0.600. The highest BCUT2D eigenvalue weighted by Gasteiger charge is 2.37. The van der Waals surface area contributed by atoms with E-state index in [1.165, 1.54) is 5.56 Å². The van der Waals surface area contributed by atoms with Gasteiger partial charge in [0.1, 0.15) is 5.75 Å². The standard InChI is InChI=1S/C20H28N2O3/c1-15(23)21-12-17-6-9-18(14-21)22(13-17)20(24)5-3-4-16-7-10-19(25-2)11-8-16/h7-8,10-11,17-18H,3-6,9,12-14H2,1-2H3/t17-,18+/m0/s1. The lowest BCUT2D eigenvalue weighted by molar-refractivity contribution is -0.136. The minimum absolute atomic E-state index is 0.130. The maximum Gasteiger partial charge on any atom is 0.222 e. The van der Waals surface area contributed by atoms with E-state index in [-0.39, 0.29) is 17.9 Å². The van der Waals surface area contributed by atoms with Crippen molar-refractivity contribution in [1.82, 2.24) is 9.80 Å². The number of hydrogen-bond donors (Lipinski definition) is 0. The Morgan fingerprint density at radius 3 is 2.56 bits per heavy atom. The van der Waals surface area contributed by atoms with Crippen LogP contribution in [-0.2, 0) is 16.0 Å². The third-order valence-corrected chi connectivity index (χ3v) is 5.49. The number of nitrogens with zero attached hydrogens (tertiary/aromatic N) is 2. The molecule has 3 aliphatic heterocycles. The number of rotatable bonds is 5. The Balaban J connectivity index is 1.51. The molecule has 2 amide bonds. The number of fused-ring (bicyclic) bond motifs is 4. The van der Waals surface area contributed by atoms with Crippen LogP contribution in [-0.4, -0.2) is 54.4 Å². The highest BCUT2D eigenvalue weighted by atomic mass is 16.5. The largest absolute Gasteiger partial charge is 0.497 e. The lowest BCUT2D eigenvalue weighted by Crippen LogP contribution is -2.47. The summed E-state index contributed by atoms with van der Waals surface area (Å²) in [6.45, 7) is 3.96. The van der Waals surface area contributed by atoms with Gasteiger partial charge in [-0.2, -0.15) is 0 Å². The van der Waals surface area contributed by atoms with Crippen LogP contribution in [0.1, 0.15) is 38.2 Å². The molecule has 0 radical (unpaired) electrons. The molecule has 3 aliphatic rings. The predicted molar refractivity (Wildman–Crippen MR) is 96.4 cm³/mol. The van der Waals surface area contributed by atoms with Gasteiger partial charge in [-0.3, -0.25) is 9.59 Å². The van der Waals surface area contributed by atoms with Crippen molar-refractivity contribution in [3.63, 3.8) is 0 Å². The molecule has 3 fully saturated rings. The monoisotopic (exact) mass is 344 g/mol. The zero-order valence-electron chi connectivity index (χ0n) is 15.2. The number of hydrogen-bond acceptors (Lipinski definition) is 3. The third kappa shape index (κ3) is 4.33. The molecule has 0 saturated carbocycles. The van der Waals surface area contributed by atoms with E-state index in [1.54, 1.807) is 14.0 Å². The number of ether oxygens (including phenoxy) is 1. The summed E-state index contributed by atoms with van der Waals surface area (Å²) in [5.74, 6) is 1.67. The van der Waals surface area contributed by atoms with Crippen molar-refractivity contribution in [1.29, 1.82) is 0 Å². The Morgan fingerprint density at radius 2 is 1.88 bits per heavy atom. The van der Waals surface area contributed by atoms with E-state index in [1.807, 2.05) is 21.9 Å². The molecule has 5 nitrogen and oxygen atoms in total. The SMILES string of the molecule is COc1ccc(CCCC(=O)N2C[C@H]3CC[C@@H]2CN(C(C)=O)C3)cc1. The van der Waals surface area contributed by atoms with Gasteiger partial charge < -0.3 is 14.5 Å². The number of aryl methyl sites for hydroxylation is 1. The maximum atomic E-state index is 12.7. The Morgan fingerprint density at radius 1 is 1.12 bits per heavy atom. The van der Waals surface area contributed by atoms with Crippen LogP contribution in [0, 0.1) is 5.92 Å². The molecule has 2 atom stereocenters. The summed E-state index contributed by atoms with van der Waals surface area (Å²) >= 11 is 0. The number of piperidine rings is 1. The first-order valence-electron chi connectivity index (χ1n) is 9.24. The van der Waals surface area contributed by atoms with E-state index < -0.39 is 0 Å². The van der Waals surface area contributed by atoms with Crippen LogP contribution >= 0.6 is 0 Å². The zero-order chi connectivity index (χ0) is 17.8. The fourth-order valence-electron chi connectivity index (χ4n) is 4.02. The number of methoxy groups -OCH3 is 1. The van der Waals surface area contributed by atoms with Gasteiger partial charge >= 0.3 is 0 Å². The molecule has 3 saturated heterocycles. The number of carbonyl (C=O) groups is 2. The van der Waals surface area contributed by atoms with Gasteiger partial charge in [0.15, 0.2) is 0 Å². The Labute approximate surface area is 149 Å². The van der Waals surface area contributed by atoms with E-state index in [0.29, 0.717) is 18.9 Å². The molecule has 3 heterocycles. The molecule has 2 bridgehead atoms. The van der Waals surface area contributed by atoms with Gasteiger partial charge in [0.2, 0.25) is 11.8 Å². The van der Waals surface area contributed by atoms with Gasteiger partial charge in [0.25, 0.3) is 0 Å². The van der Waals surface area contributed by atoms with Gasteiger partial charge in [-0.15, -0.1) is 0 Å². The van der Waals surface area contributed by atoms with Crippen molar-refractivity contribution in [3.8, 4) is 5.75 Å². The van der Waals surface area contributed by atoms with Crippen molar-refractivity contribution >= 4 is 11.8 Å². The van der Waals surface area contributed by atoms with Crippen LogP contribution in [0.5, 0.6) is 5.75 Å². The summed E-state index contributed by atoms with van der Waals surface area (Å²) in [6.07, 6.45) is 4.49. The van der Waals surface area contributed by atoms with Crippen molar-refractivity contribution in [2.24, 2.45) is 5.92 Å². The summed E-state index contributed by atoms with van der Waals surface area (Å²) in [5.41, 5.74) is 1.23. The molecule has 0 aromatic heterocycles. The smallest absolute Gasteiger partial charge is 0.222 e. The summed E-state index contributed by atoms with van der Waals surface area (Å²) in [5, 5.41) is 0. The average Bonchev–Trinajstić information content (AvgIpc) is 2.94. The second-order valence-electron chi connectivity index (χ2n) is 7.27. The van der Waals surface area contributed by atoms with Crippen LogP contribution in [0.25, 0.3) is 0 Å². The topological polar surface area (TPSA) is 49.9 Å². The first-order chi connectivity index (χ1) is 12.1. The molecular weight excluding hydrogens is 316 g/mol. The number of amides is 2. The van der Waals surface area contributed by atoms with E-state index in [4.69, 9.17) is 4.74 Å². The summed E-state index contributed by atoms with van der Waals surface area (Å²) in [4.78, 5) is 28.4. The Bertz CT molecular complexity index is 614. The molecule has 4 rings (SSSR count). The second-order valence-corrected chi connectivity index (χ2v) is 7.27. The molecule has 0 aliphatic carbocycles. The quantitative estimate of drug-likeness (QED) is 0.824. The molecule has 136 valence electrons. The molecule has 0 N–H and O–H groups in total. The van der Waals surface area contributed by atoms with Crippen molar-refractivity contribution in [2.45, 2.75) is 45.1 Å². The van der Waals surface area contributed by atoms with E-state index in [9.17, 15) is 9.59 Å². The van der Waals surface area contributed by atoms with Gasteiger partial charge in [-0.1, -0.05) is 12.1 Å². The molecule has 0 unspecified atom stereocenters. The van der Waals surface area contributed by atoms with Gasteiger partial charge in [0.05, 0.1) is 7.11 Å². The zero-order valence-corrected chi connectivity index (χ0v) is 15.2. The molecular formula is C20H28N2O3.